The average molecular weight is 540 g/mol. The highest BCUT2D eigenvalue weighted by molar-refractivity contribution is 7.26. The van der Waals surface area contributed by atoms with E-state index < -0.39 is 0 Å². The van der Waals surface area contributed by atoms with Crippen LogP contribution in [0.4, 0.5) is 0 Å². The van der Waals surface area contributed by atoms with E-state index in [-0.39, 0.29) is 0 Å². The lowest BCUT2D eigenvalue weighted by molar-refractivity contribution is 1.37. The maximum Gasteiger partial charge on any atom is 0.0972 e. The summed E-state index contributed by atoms with van der Waals surface area (Å²) >= 11 is 1.85. The molecule has 4 heterocycles. The minimum absolute atomic E-state index is 0.930. The molecular weight excluding hydrogens is 518 g/mol. The number of aromatic nitrogens is 3. The Morgan fingerprint density at radius 1 is 0.463 bits per heavy atom. The first-order valence-electron chi connectivity index (χ1n) is 13.7. The fourth-order valence-corrected chi connectivity index (χ4v) is 7.28. The maximum absolute atomic E-state index is 5.27. The standard InChI is InChI=1S/C37H21N3S/c1-2-8-27-26(7-1)33-30(19-20-32-34(33)28-9-3-4-10-31(28)41-32)40-35(27)24-13-11-22(12-14-24)29-18-17-25-16-15-23-6-5-21-38-36(23)37(25)39-29/h1-21H. The number of hydrogen-bond acceptors (Lipinski definition) is 4. The second-order valence-electron chi connectivity index (χ2n) is 10.4. The summed E-state index contributed by atoms with van der Waals surface area (Å²) in [5.74, 6) is 0. The Kier molecular flexibility index (Phi) is 4.77. The molecular formula is C37H21N3S. The lowest BCUT2D eigenvalue weighted by Crippen LogP contribution is -1.91. The normalized spacial score (nSPS) is 11.9. The van der Waals surface area contributed by atoms with Crippen molar-refractivity contribution in [3.8, 4) is 22.5 Å². The van der Waals surface area contributed by atoms with E-state index in [1.807, 2.05) is 23.6 Å². The van der Waals surface area contributed by atoms with Crippen LogP contribution in [0.2, 0.25) is 0 Å². The highest BCUT2D eigenvalue weighted by atomic mass is 32.1. The molecule has 41 heavy (non-hydrogen) atoms. The van der Waals surface area contributed by atoms with E-state index in [1.54, 1.807) is 0 Å². The second-order valence-corrected chi connectivity index (χ2v) is 11.5. The van der Waals surface area contributed by atoms with E-state index in [9.17, 15) is 0 Å². The summed E-state index contributed by atoms with van der Waals surface area (Å²) in [7, 11) is 0. The summed E-state index contributed by atoms with van der Waals surface area (Å²) in [4.78, 5) is 14.9. The zero-order chi connectivity index (χ0) is 26.9. The van der Waals surface area contributed by atoms with Crippen LogP contribution >= 0.6 is 11.3 Å². The van der Waals surface area contributed by atoms with Crippen LogP contribution in [0.3, 0.4) is 0 Å². The monoisotopic (exact) mass is 539 g/mol. The molecule has 0 N–H and O–H groups in total. The minimum atomic E-state index is 0.930. The lowest BCUT2D eigenvalue weighted by Gasteiger charge is -2.12. The molecule has 0 saturated carbocycles. The van der Waals surface area contributed by atoms with E-state index in [2.05, 4.69) is 120 Å². The van der Waals surface area contributed by atoms with Crippen molar-refractivity contribution < 1.29 is 0 Å². The Hall–Kier alpha value is -5.19. The second kappa shape index (κ2) is 8.65. The number of nitrogens with zero attached hydrogens (tertiary/aromatic N) is 3. The van der Waals surface area contributed by atoms with Crippen molar-refractivity contribution in [2.75, 3.05) is 0 Å². The van der Waals surface area contributed by atoms with Crippen molar-refractivity contribution in [1.82, 2.24) is 15.0 Å². The molecule has 0 aliphatic carbocycles. The van der Waals surface area contributed by atoms with E-state index in [0.717, 1.165) is 55.2 Å². The Bertz CT molecular complexity index is 2480. The molecule has 190 valence electrons. The predicted octanol–water partition coefficient (Wildman–Crippen LogP) is 10.2. The Morgan fingerprint density at radius 3 is 2.07 bits per heavy atom. The van der Waals surface area contributed by atoms with Gasteiger partial charge in [-0.05, 0) is 35.7 Å². The van der Waals surface area contributed by atoms with Crippen LogP contribution in [-0.4, -0.2) is 15.0 Å². The molecule has 0 bridgehead atoms. The van der Waals surface area contributed by atoms with Gasteiger partial charge in [0.1, 0.15) is 0 Å². The van der Waals surface area contributed by atoms with Crippen molar-refractivity contribution in [3.05, 3.63) is 128 Å². The zero-order valence-electron chi connectivity index (χ0n) is 21.9. The van der Waals surface area contributed by atoms with Crippen molar-refractivity contribution in [2.45, 2.75) is 0 Å². The molecule has 0 saturated heterocycles. The first-order valence-corrected chi connectivity index (χ1v) is 14.5. The summed E-state index contributed by atoms with van der Waals surface area (Å²) in [6.07, 6.45) is 1.83. The third kappa shape index (κ3) is 3.41. The highest BCUT2D eigenvalue weighted by Gasteiger charge is 2.16. The number of benzene rings is 5. The smallest absolute Gasteiger partial charge is 0.0972 e. The molecule has 9 rings (SSSR count). The highest BCUT2D eigenvalue weighted by Crippen LogP contribution is 2.42. The van der Waals surface area contributed by atoms with Gasteiger partial charge in [-0.25, -0.2) is 9.97 Å². The van der Waals surface area contributed by atoms with Gasteiger partial charge in [-0.15, -0.1) is 11.3 Å². The zero-order valence-corrected chi connectivity index (χ0v) is 22.7. The van der Waals surface area contributed by atoms with Crippen LogP contribution in [0.25, 0.3) is 86.2 Å². The number of thiophene rings is 1. The number of rotatable bonds is 2. The summed E-state index contributed by atoms with van der Waals surface area (Å²) in [6, 6.07) is 42.9. The number of pyridine rings is 3. The summed E-state index contributed by atoms with van der Waals surface area (Å²) in [6.45, 7) is 0. The van der Waals surface area contributed by atoms with Crippen LogP contribution in [0, 0.1) is 0 Å². The van der Waals surface area contributed by atoms with E-state index in [1.165, 1.54) is 30.9 Å². The van der Waals surface area contributed by atoms with E-state index in [0.29, 0.717) is 0 Å². The molecule has 0 amide bonds. The Labute approximate surface area is 239 Å². The minimum Gasteiger partial charge on any atom is -0.254 e. The number of fused-ring (bicyclic) bond motifs is 10. The van der Waals surface area contributed by atoms with Crippen molar-refractivity contribution in [2.24, 2.45) is 0 Å². The van der Waals surface area contributed by atoms with Crippen LogP contribution < -0.4 is 0 Å². The molecule has 3 nitrogen and oxygen atoms in total. The molecule has 0 aliphatic heterocycles. The largest absolute Gasteiger partial charge is 0.254 e. The van der Waals surface area contributed by atoms with E-state index >= 15 is 0 Å². The fourth-order valence-electron chi connectivity index (χ4n) is 6.16. The first kappa shape index (κ1) is 22.6. The van der Waals surface area contributed by atoms with E-state index in [4.69, 9.17) is 9.97 Å². The molecule has 0 atom stereocenters. The van der Waals surface area contributed by atoms with Gasteiger partial charge < -0.3 is 0 Å². The quantitative estimate of drug-likeness (QED) is 0.205. The lowest BCUT2D eigenvalue weighted by atomic mass is 9.96. The molecule has 5 aromatic carbocycles. The van der Waals surface area contributed by atoms with Crippen LogP contribution in [0.1, 0.15) is 0 Å². The molecule has 0 fully saturated rings. The molecule has 0 unspecified atom stereocenters. The van der Waals surface area contributed by atoms with Crippen LogP contribution in [-0.2, 0) is 0 Å². The van der Waals surface area contributed by atoms with Gasteiger partial charge in [-0.1, -0.05) is 91.0 Å². The van der Waals surface area contributed by atoms with Gasteiger partial charge in [-0.2, -0.15) is 0 Å². The van der Waals surface area contributed by atoms with Gasteiger partial charge in [-0.3, -0.25) is 4.98 Å². The number of hydrogen-bond donors (Lipinski definition) is 0. The topological polar surface area (TPSA) is 38.7 Å². The van der Waals surface area contributed by atoms with Gasteiger partial charge in [0.05, 0.1) is 27.9 Å². The average Bonchev–Trinajstić information content (AvgIpc) is 3.43. The summed E-state index contributed by atoms with van der Waals surface area (Å²) < 4.78 is 2.61. The van der Waals surface area contributed by atoms with Gasteiger partial charge in [0.25, 0.3) is 0 Å². The summed E-state index contributed by atoms with van der Waals surface area (Å²) in [5, 5.41) is 8.43. The third-order valence-corrected chi connectivity index (χ3v) is 9.23. The third-order valence-electron chi connectivity index (χ3n) is 8.09. The van der Waals surface area contributed by atoms with Crippen molar-refractivity contribution in [3.63, 3.8) is 0 Å². The molecule has 4 aromatic heterocycles. The van der Waals surface area contributed by atoms with Crippen LogP contribution in [0.15, 0.2) is 128 Å². The maximum atomic E-state index is 5.27. The Balaban J connectivity index is 1.22. The first-order chi connectivity index (χ1) is 20.3. The molecule has 0 aliphatic rings. The van der Waals surface area contributed by atoms with Gasteiger partial charge in [0.15, 0.2) is 0 Å². The predicted molar refractivity (Wildman–Crippen MR) is 174 cm³/mol. The van der Waals surface area contributed by atoms with Crippen LogP contribution in [0.5, 0.6) is 0 Å². The van der Waals surface area contributed by atoms with Gasteiger partial charge in [0, 0.05) is 59.0 Å². The van der Waals surface area contributed by atoms with Gasteiger partial charge in [0.2, 0.25) is 0 Å². The van der Waals surface area contributed by atoms with Gasteiger partial charge >= 0.3 is 0 Å². The SMILES string of the molecule is c1cnc2c(c1)ccc1ccc(-c3ccc(-c4nc5ccc6sc7ccccc7c6c5c5ccccc45)cc3)nc12. The molecule has 0 spiro atoms. The van der Waals surface area contributed by atoms with Crippen molar-refractivity contribution in [1.29, 1.82) is 0 Å². The molecule has 4 heteroatoms. The fraction of sp³-hybridized carbons (Fsp3) is 0. The Morgan fingerprint density at radius 2 is 1.20 bits per heavy atom. The summed E-state index contributed by atoms with van der Waals surface area (Å²) in [5.41, 5.74) is 6.98. The molecule has 0 radical (unpaired) electrons. The van der Waals surface area contributed by atoms with Crippen molar-refractivity contribution >= 4 is 75.0 Å². The molecule has 9 aromatic rings.